The number of amides is 2. The van der Waals surface area contributed by atoms with Crippen LogP contribution in [-0.4, -0.2) is 41.2 Å². The number of carbonyl (C=O) groups excluding carboxylic acids is 1. The van der Waals surface area contributed by atoms with Gasteiger partial charge < -0.3 is 15.7 Å². The first kappa shape index (κ1) is 17.1. The highest BCUT2D eigenvalue weighted by molar-refractivity contribution is 7.98. The topological polar surface area (TPSA) is 78.4 Å². The largest absolute Gasteiger partial charge is 0.480 e. The third-order valence-electron chi connectivity index (χ3n) is 3.78. The zero-order valence-electron chi connectivity index (χ0n) is 12.2. The third-order valence-corrected chi connectivity index (χ3v) is 4.48. The van der Waals surface area contributed by atoms with Crippen molar-refractivity contribution in [1.29, 1.82) is 0 Å². The van der Waals surface area contributed by atoms with E-state index in [2.05, 4.69) is 16.9 Å². The molecule has 0 saturated heterocycles. The second-order valence-corrected chi connectivity index (χ2v) is 6.37. The van der Waals surface area contributed by atoms with Crippen LogP contribution < -0.4 is 10.6 Å². The van der Waals surface area contributed by atoms with Gasteiger partial charge in [0.15, 0.2) is 0 Å². The summed E-state index contributed by atoms with van der Waals surface area (Å²) >= 11 is 1.85. The Hall–Kier alpha value is -0.910. The van der Waals surface area contributed by atoms with Crippen molar-refractivity contribution < 1.29 is 14.7 Å². The SMILES string of the molecule is CSCCCCCCNC(=O)NC1(C(=O)O)CCCC1. The zero-order valence-corrected chi connectivity index (χ0v) is 13.1. The Morgan fingerprint density at radius 1 is 1.15 bits per heavy atom. The van der Waals surface area contributed by atoms with Crippen LogP contribution in [0.5, 0.6) is 0 Å². The van der Waals surface area contributed by atoms with E-state index in [0.717, 1.165) is 25.7 Å². The second kappa shape index (κ2) is 9.10. The van der Waals surface area contributed by atoms with Gasteiger partial charge >= 0.3 is 12.0 Å². The fourth-order valence-corrected chi connectivity index (χ4v) is 3.05. The average molecular weight is 302 g/mol. The van der Waals surface area contributed by atoms with Gasteiger partial charge in [0.2, 0.25) is 0 Å². The van der Waals surface area contributed by atoms with Crippen LogP contribution in [-0.2, 0) is 4.79 Å². The van der Waals surface area contributed by atoms with Crippen LogP contribution in [0.3, 0.4) is 0 Å². The number of carboxylic acids is 1. The van der Waals surface area contributed by atoms with Gasteiger partial charge in [-0.3, -0.25) is 0 Å². The molecule has 0 bridgehead atoms. The van der Waals surface area contributed by atoms with Crippen molar-refractivity contribution in [2.45, 2.75) is 56.9 Å². The molecule has 0 unspecified atom stereocenters. The molecule has 0 radical (unpaired) electrons. The monoisotopic (exact) mass is 302 g/mol. The van der Waals surface area contributed by atoms with E-state index in [4.69, 9.17) is 0 Å². The van der Waals surface area contributed by atoms with Crippen molar-refractivity contribution >= 4 is 23.8 Å². The fraction of sp³-hybridized carbons (Fsp3) is 0.857. The lowest BCUT2D eigenvalue weighted by atomic mass is 9.98. The normalized spacial score (nSPS) is 16.9. The molecule has 0 aliphatic heterocycles. The van der Waals surface area contributed by atoms with E-state index in [0.29, 0.717) is 19.4 Å². The maximum atomic E-state index is 11.8. The molecule has 5 nitrogen and oxygen atoms in total. The molecule has 20 heavy (non-hydrogen) atoms. The van der Waals surface area contributed by atoms with Gasteiger partial charge in [0.25, 0.3) is 0 Å². The lowest BCUT2D eigenvalue weighted by Crippen LogP contribution is -2.55. The molecular formula is C14H26N2O3S. The molecular weight excluding hydrogens is 276 g/mol. The summed E-state index contributed by atoms with van der Waals surface area (Å²) in [6.07, 6.45) is 9.34. The number of carboxylic acid groups (broad SMARTS) is 1. The van der Waals surface area contributed by atoms with E-state index in [1.54, 1.807) is 0 Å². The maximum absolute atomic E-state index is 11.8. The standard InChI is InChI=1S/C14H26N2O3S/c1-20-11-7-3-2-6-10-15-13(19)16-14(12(17)18)8-4-5-9-14/h2-11H2,1H3,(H,17,18)(H2,15,16,19). The summed E-state index contributed by atoms with van der Waals surface area (Å²) < 4.78 is 0. The van der Waals surface area contributed by atoms with Crippen molar-refractivity contribution in [1.82, 2.24) is 10.6 Å². The van der Waals surface area contributed by atoms with Crippen molar-refractivity contribution in [3.8, 4) is 0 Å². The summed E-state index contributed by atoms with van der Waals surface area (Å²) in [6, 6.07) is -0.349. The van der Waals surface area contributed by atoms with Crippen molar-refractivity contribution in [3.63, 3.8) is 0 Å². The Bertz CT molecular complexity index is 318. The minimum Gasteiger partial charge on any atom is -0.480 e. The quantitative estimate of drug-likeness (QED) is 0.572. The van der Waals surface area contributed by atoms with Crippen molar-refractivity contribution in [3.05, 3.63) is 0 Å². The summed E-state index contributed by atoms with van der Waals surface area (Å²) in [5.41, 5.74) is -1.04. The molecule has 0 atom stereocenters. The van der Waals surface area contributed by atoms with Gasteiger partial charge in [-0.1, -0.05) is 25.7 Å². The van der Waals surface area contributed by atoms with E-state index >= 15 is 0 Å². The summed E-state index contributed by atoms with van der Waals surface area (Å²) in [5, 5.41) is 14.7. The lowest BCUT2D eigenvalue weighted by molar-refractivity contribution is -0.144. The number of nitrogens with one attached hydrogen (secondary N) is 2. The summed E-state index contributed by atoms with van der Waals surface area (Å²) in [7, 11) is 0. The van der Waals surface area contributed by atoms with Crippen LogP contribution in [0.4, 0.5) is 4.79 Å². The van der Waals surface area contributed by atoms with Crippen LogP contribution in [0.2, 0.25) is 0 Å². The first-order valence-electron chi connectivity index (χ1n) is 7.39. The molecule has 6 heteroatoms. The van der Waals surface area contributed by atoms with Crippen LogP contribution in [0.1, 0.15) is 51.4 Å². The number of unbranched alkanes of at least 4 members (excludes halogenated alkanes) is 3. The molecule has 0 heterocycles. The highest BCUT2D eigenvalue weighted by Crippen LogP contribution is 2.29. The van der Waals surface area contributed by atoms with Gasteiger partial charge in [0.1, 0.15) is 5.54 Å². The first-order chi connectivity index (χ1) is 9.60. The predicted octanol–water partition coefficient (Wildman–Crippen LogP) is 2.61. The van der Waals surface area contributed by atoms with E-state index in [1.165, 1.54) is 18.6 Å². The van der Waals surface area contributed by atoms with Gasteiger partial charge in [-0.05, 0) is 37.7 Å². The fourth-order valence-electron chi connectivity index (χ4n) is 2.56. The third kappa shape index (κ3) is 5.61. The number of carbonyl (C=O) groups is 2. The predicted molar refractivity (Wildman–Crippen MR) is 82.2 cm³/mol. The van der Waals surface area contributed by atoms with Crippen LogP contribution in [0.15, 0.2) is 0 Å². The second-order valence-electron chi connectivity index (χ2n) is 5.38. The molecule has 1 rings (SSSR count). The van der Waals surface area contributed by atoms with Gasteiger partial charge in [0.05, 0.1) is 0 Å². The molecule has 0 spiro atoms. The van der Waals surface area contributed by atoms with Gasteiger partial charge in [-0.15, -0.1) is 0 Å². The van der Waals surface area contributed by atoms with E-state index < -0.39 is 11.5 Å². The van der Waals surface area contributed by atoms with Crippen LogP contribution >= 0.6 is 11.8 Å². The molecule has 1 saturated carbocycles. The molecule has 1 fully saturated rings. The van der Waals surface area contributed by atoms with Crippen molar-refractivity contribution in [2.75, 3.05) is 18.6 Å². The Kier molecular flexibility index (Phi) is 7.80. The van der Waals surface area contributed by atoms with E-state index in [9.17, 15) is 14.7 Å². The molecule has 2 amide bonds. The first-order valence-corrected chi connectivity index (χ1v) is 8.78. The van der Waals surface area contributed by atoms with E-state index in [-0.39, 0.29) is 6.03 Å². The van der Waals surface area contributed by atoms with Gasteiger partial charge in [0, 0.05) is 6.54 Å². The molecule has 3 N–H and O–H groups in total. The smallest absolute Gasteiger partial charge is 0.329 e. The molecule has 1 aliphatic carbocycles. The number of thioether (sulfide) groups is 1. The number of hydrogen-bond acceptors (Lipinski definition) is 3. The summed E-state index contributed by atoms with van der Waals surface area (Å²) in [4.78, 5) is 23.0. The Morgan fingerprint density at radius 2 is 1.80 bits per heavy atom. The maximum Gasteiger partial charge on any atom is 0.329 e. The number of rotatable bonds is 9. The molecule has 0 aromatic heterocycles. The lowest BCUT2D eigenvalue weighted by Gasteiger charge is -2.25. The van der Waals surface area contributed by atoms with Crippen LogP contribution in [0.25, 0.3) is 0 Å². The number of aliphatic carboxylic acids is 1. The Balaban J connectivity index is 2.15. The molecule has 116 valence electrons. The van der Waals surface area contributed by atoms with Gasteiger partial charge in [-0.25, -0.2) is 9.59 Å². The highest BCUT2D eigenvalue weighted by Gasteiger charge is 2.42. The zero-order chi connectivity index (χ0) is 14.8. The average Bonchev–Trinajstić information content (AvgIpc) is 2.87. The van der Waals surface area contributed by atoms with Gasteiger partial charge in [-0.2, -0.15) is 11.8 Å². The highest BCUT2D eigenvalue weighted by atomic mass is 32.2. The molecule has 0 aromatic carbocycles. The Morgan fingerprint density at radius 3 is 2.40 bits per heavy atom. The minimum absolute atomic E-state index is 0.349. The van der Waals surface area contributed by atoms with Crippen molar-refractivity contribution in [2.24, 2.45) is 0 Å². The summed E-state index contributed by atoms with van der Waals surface area (Å²) in [5.74, 6) is 0.275. The number of urea groups is 1. The van der Waals surface area contributed by atoms with Crippen LogP contribution in [0, 0.1) is 0 Å². The van der Waals surface area contributed by atoms with E-state index in [1.807, 2.05) is 11.8 Å². The molecule has 1 aliphatic rings. The molecule has 0 aromatic rings. The Labute approximate surface area is 125 Å². The summed E-state index contributed by atoms with van der Waals surface area (Å²) in [6.45, 7) is 0.612. The number of hydrogen-bond donors (Lipinski definition) is 3. The minimum atomic E-state index is -1.04.